The molecular weight excluding hydrogens is 252 g/mol. The highest BCUT2D eigenvalue weighted by molar-refractivity contribution is 6.29. The average molecular weight is 269 g/mol. The lowest BCUT2D eigenvalue weighted by Crippen LogP contribution is -2.51. The number of aryl methyl sites for hydroxylation is 1. The van der Waals surface area contributed by atoms with Crippen LogP contribution in [0.25, 0.3) is 0 Å². The van der Waals surface area contributed by atoms with Gasteiger partial charge in [0.25, 0.3) is 5.91 Å². The molecule has 1 aliphatic rings. The van der Waals surface area contributed by atoms with Gasteiger partial charge < -0.3 is 10.1 Å². The largest absolute Gasteiger partial charge is 0.379 e. The highest BCUT2D eigenvalue weighted by atomic mass is 35.5. The Balaban J connectivity index is 2.11. The summed E-state index contributed by atoms with van der Waals surface area (Å²) in [6, 6.07) is 3.31. The van der Waals surface area contributed by atoms with Crippen LogP contribution in [0.2, 0.25) is 5.15 Å². The standard InChI is InChI=1S/C13H17ClN2O2/c1-9-6-10(7-11(14)15-9)12(17)16-13(2)4-3-5-18-8-13/h6-7H,3-5,8H2,1-2H3,(H,16,17). The summed E-state index contributed by atoms with van der Waals surface area (Å²) in [7, 11) is 0. The van der Waals surface area contributed by atoms with Crippen LogP contribution in [0.5, 0.6) is 0 Å². The lowest BCUT2D eigenvalue weighted by atomic mass is 9.94. The van der Waals surface area contributed by atoms with E-state index in [1.807, 2.05) is 13.8 Å². The van der Waals surface area contributed by atoms with Gasteiger partial charge in [0.1, 0.15) is 5.15 Å². The van der Waals surface area contributed by atoms with Gasteiger partial charge in [-0.2, -0.15) is 0 Å². The maximum atomic E-state index is 12.2. The number of nitrogens with one attached hydrogen (secondary N) is 1. The number of nitrogens with zero attached hydrogens (tertiary/aromatic N) is 1. The van der Waals surface area contributed by atoms with Crippen molar-refractivity contribution in [2.75, 3.05) is 13.2 Å². The van der Waals surface area contributed by atoms with Crippen LogP contribution in [-0.4, -0.2) is 29.6 Å². The Morgan fingerprint density at radius 2 is 2.33 bits per heavy atom. The van der Waals surface area contributed by atoms with Crippen LogP contribution >= 0.6 is 11.6 Å². The zero-order valence-electron chi connectivity index (χ0n) is 10.6. The van der Waals surface area contributed by atoms with E-state index in [1.54, 1.807) is 12.1 Å². The average Bonchev–Trinajstić information content (AvgIpc) is 2.28. The Hall–Kier alpha value is -1.13. The summed E-state index contributed by atoms with van der Waals surface area (Å²) in [6.45, 7) is 5.13. The second-order valence-electron chi connectivity index (χ2n) is 4.99. The molecule has 1 N–H and O–H groups in total. The molecule has 2 heterocycles. The molecule has 1 aliphatic heterocycles. The number of rotatable bonds is 2. The number of ether oxygens (including phenoxy) is 1. The van der Waals surface area contributed by atoms with E-state index in [4.69, 9.17) is 16.3 Å². The molecule has 18 heavy (non-hydrogen) atoms. The maximum Gasteiger partial charge on any atom is 0.251 e. The third kappa shape index (κ3) is 3.21. The Morgan fingerprint density at radius 1 is 1.56 bits per heavy atom. The molecule has 2 rings (SSSR count). The Labute approximate surface area is 112 Å². The van der Waals surface area contributed by atoms with Crippen LogP contribution < -0.4 is 5.32 Å². The number of hydrogen-bond donors (Lipinski definition) is 1. The number of amides is 1. The van der Waals surface area contributed by atoms with Crippen molar-refractivity contribution in [3.8, 4) is 0 Å². The van der Waals surface area contributed by atoms with E-state index in [1.165, 1.54) is 0 Å². The van der Waals surface area contributed by atoms with Crippen LogP contribution in [0, 0.1) is 6.92 Å². The molecule has 1 aromatic rings. The minimum Gasteiger partial charge on any atom is -0.379 e. The summed E-state index contributed by atoms with van der Waals surface area (Å²) in [5.41, 5.74) is 0.982. The summed E-state index contributed by atoms with van der Waals surface area (Å²) < 4.78 is 5.42. The van der Waals surface area contributed by atoms with Gasteiger partial charge in [0.05, 0.1) is 12.1 Å². The third-order valence-corrected chi connectivity index (χ3v) is 3.23. The van der Waals surface area contributed by atoms with Crippen molar-refractivity contribution in [1.29, 1.82) is 0 Å². The van der Waals surface area contributed by atoms with Gasteiger partial charge in [-0.1, -0.05) is 11.6 Å². The number of carbonyl (C=O) groups excluding carboxylic acids is 1. The monoisotopic (exact) mass is 268 g/mol. The van der Waals surface area contributed by atoms with E-state index in [-0.39, 0.29) is 11.4 Å². The van der Waals surface area contributed by atoms with Crippen LogP contribution in [0.3, 0.4) is 0 Å². The molecular formula is C13H17ClN2O2. The van der Waals surface area contributed by atoms with E-state index in [0.29, 0.717) is 17.3 Å². The molecule has 0 aliphatic carbocycles. The number of carbonyl (C=O) groups is 1. The van der Waals surface area contributed by atoms with Gasteiger partial charge in [-0.05, 0) is 38.8 Å². The van der Waals surface area contributed by atoms with E-state index in [2.05, 4.69) is 10.3 Å². The van der Waals surface area contributed by atoms with Crippen molar-refractivity contribution in [1.82, 2.24) is 10.3 Å². The predicted octanol–water partition coefficient (Wildman–Crippen LogP) is 2.34. The Bertz CT molecular complexity index is 436. The summed E-state index contributed by atoms with van der Waals surface area (Å²) >= 11 is 5.86. The summed E-state index contributed by atoms with van der Waals surface area (Å²) in [5.74, 6) is -0.129. The van der Waals surface area contributed by atoms with Crippen molar-refractivity contribution in [2.45, 2.75) is 32.2 Å². The zero-order chi connectivity index (χ0) is 13.2. The molecule has 1 unspecified atom stereocenters. The van der Waals surface area contributed by atoms with Crippen molar-refractivity contribution in [3.63, 3.8) is 0 Å². The van der Waals surface area contributed by atoms with Crippen molar-refractivity contribution in [3.05, 3.63) is 28.5 Å². The topological polar surface area (TPSA) is 51.2 Å². The van der Waals surface area contributed by atoms with Gasteiger partial charge in [0.2, 0.25) is 0 Å². The lowest BCUT2D eigenvalue weighted by Gasteiger charge is -2.34. The smallest absolute Gasteiger partial charge is 0.251 e. The summed E-state index contributed by atoms with van der Waals surface area (Å²) in [4.78, 5) is 16.2. The van der Waals surface area contributed by atoms with Gasteiger partial charge in [-0.3, -0.25) is 4.79 Å². The SMILES string of the molecule is Cc1cc(C(=O)NC2(C)CCCOC2)cc(Cl)n1. The molecule has 1 amide bonds. The first-order chi connectivity index (χ1) is 8.48. The predicted molar refractivity (Wildman–Crippen MR) is 69.9 cm³/mol. The van der Waals surface area contributed by atoms with Gasteiger partial charge in [0, 0.05) is 17.9 Å². The quantitative estimate of drug-likeness (QED) is 0.838. The lowest BCUT2D eigenvalue weighted by molar-refractivity contribution is 0.0272. The molecule has 0 bridgehead atoms. The van der Waals surface area contributed by atoms with Crippen molar-refractivity contribution < 1.29 is 9.53 Å². The van der Waals surface area contributed by atoms with E-state index in [9.17, 15) is 4.79 Å². The Kier molecular flexibility index (Phi) is 3.88. The van der Waals surface area contributed by atoms with Crippen LogP contribution in [0.4, 0.5) is 0 Å². The molecule has 1 fully saturated rings. The molecule has 1 aromatic heterocycles. The molecule has 5 heteroatoms. The minimum absolute atomic E-state index is 0.129. The number of halogens is 1. The van der Waals surface area contributed by atoms with Crippen molar-refractivity contribution >= 4 is 17.5 Å². The second kappa shape index (κ2) is 5.24. The highest BCUT2D eigenvalue weighted by Gasteiger charge is 2.29. The van der Waals surface area contributed by atoms with Crippen LogP contribution in [0.15, 0.2) is 12.1 Å². The molecule has 0 aromatic carbocycles. The zero-order valence-corrected chi connectivity index (χ0v) is 11.4. The van der Waals surface area contributed by atoms with E-state index >= 15 is 0 Å². The first kappa shape index (κ1) is 13.3. The fourth-order valence-electron chi connectivity index (χ4n) is 2.14. The number of hydrogen-bond acceptors (Lipinski definition) is 3. The van der Waals surface area contributed by atoms with Gasteiger partial charge in [-0.25, -0.2) is 4.98 Å². The van der Waals surface area contributed by atoms with Gasteiger partial charge in [-0.15, -0.1) is 0 Å². The fraction of sp³-hybridized carbons (Fsp3) is 0.538. The first-order valence-corrected chi connectivity index (χ1v) is 6.41. The molecule has 4 nitrogen and oxygen atoms in total. The third-order valence-electron chi connectivity index (χ3n) is 3.04. The first-order valence-electron chi connectivity index (χ1n) is 6.03. The van der Waals surface area contributed by atoms with Gasteiger partial charge >= 0.3 is 0 Å². The fourth-order valence-corrected chi connectivity index (χ4v) is 2.39. The summed E-state index contributed by atoms with van der Waals surface area (Å²) in [5, 5.41) is 3.35. The van der Waals surface area contributed by atoms with Gasteiger partial charge in [0.15, 0.2) is 0 Å². The Morgan fingerprint density at radius 3 is 2.94 bits per heavy atom. The van der Waals surface area contributed by atoms with E-state index in [0.717, 1.165) is 25.1 Å². The number of pyridine rings is 1. The molecule has 1 atom stereocenters. The maximum absolute atomic E-state index is 12.2. The second-order valence-corrected chi connectivity index (χ2v) is 5.38. The summed E-state index contributed by atoms with van der Waals surface area (Å²) in [6.07, 6.45) is 1.89. The van der Waals surface area contributed by atoms with E-state index < -0.39 is 0 Å². The van der Waals surface area contributed by atoms with Crippen LogP contribution in [0.1, 0.15) is 35.8 Å². The molecule has 0 spiro atoms. The molecule has 0 saturated carbocycles. The van der Waals surface area contributed by atoms with Crippen LogP contribution in [-0.2, 0) is 4.74 Å². The number of aromatic nitrogens is 1. The molecule has 0 radical (unpaired) electrons. The van der Waals surface area contributed by atoms with Crippen molar-refractivity contribution in [2.24, 2.45) is 0 Å². The highest BCUT2D eigenvalue weighted by Crippen LogP contribution is 2.19. The normalized spacial score (nSPS) is 23.7. The molecule has 1 saturated heterocycles. The molecule has 98 valence electrons. The minimum atomic E-state index is -0.293.